The van der Waals surface area contributed by atoms with Crippen LogP contribution in [0.2, 0.25) is 5.02 Å². The number of carbonyl (C=O) groups excluding carboxylic acids is 1. The SMILES string of the molecule is COc1ccc(Cl)cc1C(CC(C)C)NC(=O)CC(CN)OC.Cl. The van der Waals surface area contributed by atoms with E-state index >= 15 is 0 Å². The van der Waals surface area contributed by atoms with E-state index in [1.165, 1.54) is 0 Å². The molecule has 5 nitrogen and oxygen atoms in total. The number of nitrogens with one attached hydrogen (secondary N) is 1. The minimum absolute atomic E-state index is 0. The van der Waals surface area contributed by atoms with Crippen LogP contribution in [-0.4, -0.2) is 32.8 Å². The highest BCUT2D eigenvalue weighted by molar-refractivity contribution is 6.30. The van der Waals surface area contributed by atoms with Crippen molar-refractivity contribution in [1.29, 1.82) is 0 Å². The van der Waals surface area contributed by atoms with Crippen LogP contribution in [0.5, 0.6) is 5.75 Å². The van der Waals surface area contributed by atoms with E-state index in [-0.39, 0.29) is 36.9 Å². The molecule has 0 aliphatic rings. The van der Waals surface area contributed by atoms with Crippen molar-refractivity contribution in [2.75, 3.05) is 20.8 Å². The molecule has 138 valence electrons. The van der Waals surface area contributed by atoms with Crippen molar-refractivity contribution in [1.82, 2.24) is 5.32 Å². The van der Waals surface area contributed by atoms with E-state index in [0.29, 0.717) is 23.2 Å². The van der Waals surface area contributed by atoms with Crippen LogP contribution in [0, 0.1) is 5.92 Å². The third-order valence-corrected chi connectivity index (χ3v) is 3.85. The van der Waals surface area contributed by atoms with Crippen LogP contribution in [0.25, 0.3) is 0 Å². The van der Waals surface area contributed by atoms with E-state index in [1.54, 1.807) is 20.3 Å². The number of hydrogen-bond donors (Lipinski definition) is 2. The molecule has 3 N–H and O–H groups in total. The van der Waals surface area contributed by atoms with Gasteiger partial charge in [0, 0.05) is 24.2 Å². The van der Waals surface area contributed by atoms with Crippen molar-refractivity contribution in [2.45, 2.75) is 38.8 Å². The van der Waals surface area contributed by atoms with Crippen LogP contribution in [0.15, 0.2) is 18.2 Å². The van der Waals surface area contributed by atoms with Gasteiger partial charge < -0.3 is 20.5 Å². The van der Waals surface area contributed by atoms with Crippen LogP contribution in [-0.2, 0) is 9.53 Å². The first-order valence-corrected chi connectivity index (χ1v) is 8.14. The number of halogens is 2. The summed E-state index contributed by atoms with van der Waals surface area (Å²) in [5.41, 5.74) is 6.46. The molecule has 0 saturated carbocycles. The Kier molecular flexibility index (Phi) is 11.0. The van der Waals surface area contributed by atoms with Crippen molar-refractivity contribution in [3.8, 4) is 5.75 Å². The number of ether oxygens (including phenoxy) is 2. The van der Waals surface area contributed by atoms with Gasteiger partial charge in [0.05, 0.1) is 25.7 Å². The minimum Gasteiger partial charge on any atom is -0.496 e. The number of carbonyl (C=O) groups is 1. The predicted molar refractivity (Wildman–Crippen MR) is 100 cm³/mol. The summed E-state index contributed by atoms with van der Waals surface area (Å²) in [6.45, 7) is 4.52. The Morgan fingerprint density at radius 2 is 2.00 bits per heavy atom. The first-order valence-electron chi connectivity index (χ1n) is 7.76. The Morgan fingerprint density at radius 3 is 2.50 bits per heavy atom. The summed E-state index contributed by atoms with van der Waals surface area (Å²) >= 11 is 6.12. The van der Waals surface area contributed by atoms with Gasteiger partial charge in [-0.15, -0.1) is 12.4 Å². The molecule has 0 radical (unpaired) electrons. The molecule has 2 unspecified atom stereocenters. The van der Waals surface area contributed by atoms with Crippen molar-refractivity contribution >= 4 is 29.9 Å². The zero-order valence-corrected chi connectivity index (χ0v) is 16.2. The first-order chi connectivity index (χ1) is 10.9. The van der Waals surface area contributed by atoms with Crippen LogP contribution in [0.1, 0.15) is 38.3 Å². The molecule has 0 aromatic heterocycles. The van der Waals surface area contributed by atoms with Crippen molar-refractivity contribution in [3.63, 3.8) is 0 Å². The van der Waals surface area contributed by atoms with Crippen LogP contribution in [0.4, 0.5) is 0 Å². The number of amides is 1. The number of rotatable bonds is 9. The third-order valence-electron chi connectivity index (χ3n) is 3.62. The maximum atomic E-state index is 12.3. The van der Waals surface area contributed by atoms with Gasteiger partial charge in [-0.05, 0) is 30.5 Å². The van der Waals surface area contributed by atoms with Gasteiger partial charge in [-0.3, -0.25) is 4.79 Å². The Labute approximate surface area is 155 Å². The fraction of sp³-hybridized carbons (Fsp3) is 0.588. The highest BCUT2D eigenvalue weighted by Gasteiger charge is 2.21. The van der Waals surface area contributed by atoms with E-state index in [2.05, 4.69) is 19.2 Å². The predicted octanol–water partition coefficient (Wildman–Crippen LogP) is 3.34. The third kappa shape index (κ3) is 7.26. The molecular weight excluding hydrogens is 351 g/mol. The Morgan fingerprint density at radius 1 is 1.33 bits per heavy atom. The van der Waals surface area contributed by atoms with Gasteiger partial charge in [0.2, 0.25) is 5.91 Å². The molecule has 1 amide bonds. The maximum Gasteiger partial charge on any atom is 0.223 e. The summed E-state index contributed by atoms with van der Waals surface area (Å²) in [5.74, 6) is 1.01. The summed E-state index contributed by atoms with van der Waals surface area (Å²) in [6.07, 6.45) is 0.726. The van der Waals surface area contributed by atoms with Gasteiger partial charge >= 0.3 is 0 Å². The average Bonchev–Trinajstić information content (AvgIpc) is 2.51. The lowest BCUT2D eigenvalue weighted by molar-refractivity contribution is -0.124. The molecular formula is C17H28Cl2N2O3. The van der Waals surface area contributed by atoms with E-state index in [4.69, 9.17) is 26.8 Å². The number of hydrogen-bond acceptors (Lipinski definition) is 4. The molecule has 7 heteroatoms. The summed E-state index contributed by atoms with van der Waals surface area (Å²) in [6, 6.07) is 5.25. The van der Waals surface area contributed by atoms with Gasteiger partial charge in [0.25, 0.3) is 0 Å². The van der Waals surface area contributed by atoms with E-state index < -0.39 is 0 Å². The fourth-order valence-electron chi connectivity index (χ4n) is 2.44. The summed E-state index contributed by atoms with van der Waals surface area (Å²) in [5, 5.41) is 3.66. The molecule has 1 aromatic rings. The largest absolute Gasteiger partial charge is 0.496 e. The molecule has 0 aliphatic carbocycles. The maximum absolute atomic E-state index is 12.3. The van der Waals surface area contributed by atoms with E-state index in [0.717, 1.165) is 12.0 Å². The molecule has 0 aliphatic heterocycles. The Balaban J connectivity index is 0.00000529. The normalized spacial score (nSPS) is 13.1. The van der Waals surface area contributed by atoms with Crippen molar-refractivity contribution in [2.24, 2.45) is 11.7 Å². The molecule has 0 saturated heterocycles. The van der Waals surface area contributed by atoms with Crippen molar-refractivity contribution < 1.29 is 14.3 Å². The molecule has 24 heavy (non-hydrogen) atoms. The number of methoxy groups -OCH3 is 2. The number of nitrogens with two attached hydrogens (primary N) is 1. The molecule has 1 aromatic carbocycles. The summed E-state index contributed by atoms with van der Waals surface area (Å²) < 4.78 is 10.6. The Hall–Kier alpha value is -1.01. The van der Waals surface area contributed by atoms with Crippen LogP contribution < -0.4 is 15.8 Å². The van der Waals surface area contributed by atoms with Crippen LogP contribution >= 0.6 is 24.0 Å². The highest BCUT2D eigenvalue weighted by atomic mass is 35.5. The quantitative estimate of drug-likeness (QED) is 0.690. The molecule has 0 bridgehead atoms. The zero-order valence-electron chi connectivity index (χ0n) is 14.7. The first kappa shape index (κ1) is 23.0. The lowest BCUT2D eigenvalue weighted by Gasteiger charge is -2.24. The van der Waals surface area contributed by atoms with Crippen molar-refractivity contribution in [3.05, 3.63) is 28.8 Å². The monoisotopic (exact) mass is 378 g/mol. The molecule has 1 rings (SSSR count). The minimum atomic E-state index is -0.282. The molecule has 0 heterocycles. The van der Waals surface area contributed by atoms with Gasteiger partial charge in [0.1, 0.15) is 5.75 Å². The summed E-state index contributed by atoms with van der Waals surface area (Å²) in [7, 11) is 3.16. The van der Waals surface area contributed by atoms with Gasteiger partial charge in [0.15, 0.2) is 0 Å². The standard InChI is InChI=1S/C17H27ClN2O3.ClH/c1-11(2)7-15(20-17(21)9-13(10-19)22-3)14-8-12(18)5-6-16(14)23-4;/h5-6,8,11,13,15H,7,9-10,19H2,1-4H3,(H,20,21);1H. The van der Waals surface area contributed by atoms with E-state index in [1.807, 2.05) is 12.1 Å². The number of benzene rings is 1. The van der Waals surface area contributed by atoms with E-state index in [9.17, 15) is 4.79 Å². The second-order valence-electron chi connectivity index (χ2n) is 5.93. The van der Waals surface area contributed by atoms with Gasteiger partial charge in [-0.1, -0.05) is 25.4 Å². The topological polar surface area (TPSA) is 73.6 Å². The smallest absolute Gasteiger partial charge is 0.223 e. The average molecular weight is 379 g/mol. The van der Waals surface area contributed by atoms with Crippen LogP contribution in [0.3, 0.4) is 0 Å². The zero-order chi connectivity index (χ0) is 17.4. The fourth-order valence-corrected chi connectivity index (χ4v) is 2.62. The lowest BCUT2D eigenvalue weighted by Crippen LogP contribution is -2.35. The second-order valence-corrected chi connectivity index (χ2v) is 6.37. The lowest BCUT2D eigenvalue weighted by atomic mass is 9.96. The Bertz CT molecular complexity index is 509. The molecule has 0 fully saturated rings. The molecule has 0 spiro atoms. The molecule has 2 atom stereocenters. The highest BCUT2D eigenvalue weighted by Crippen LogP contribution is 2.32. The summed E-state index contributed by atoms with van der Waals surface area (Å²) in [4.78, 5) is 12.3. The van der Waals surface area contributed by atoms with Gasteiger partial charge in [-0.25, -0.2) is 0 Å². The second kappa shape index (κ2) is 11.5. The van der Waals surface area contributed by atoms with Gasteiger partial charge in [-0.2, -0.15) is 0 Å².